The fourth-order valence-electron chi connectivity index (χ4n) is 2.51. The molecule has 1 saturated heterocycles. The van der Waals surface area contributed by atoms with Gasteiger partial charge in [-0.2, -0.15) is 18.9 Å². The second-order valence-corrected chi connectivity index (χ2v) is 7.27. The first-order chi connectivity index (χ1) is 10.0. The van der Waals surface area contributed by atoms with Crippen molar-refractivity contribution in [2.75, 3.05) is 36.8 Å². The molecule has 0 amide bonds. The van der Waals surface area contributed by atoms with Gasteiger partial charge >= 0.3 is 0 Å². The third-order valence-electron chi connectivity index (χ3n) is 3.68. The molecule has 0 radical (unpaired) electrons. The van der Waals surface area contributed by atoms with Gasteiger partial charge < -0.3 is 4.90 Å². The molecule has 9 heteroatoms. The predicted octanol–water partition coefficient (Wildman–Crippen LogP) is -0.0956. The van der Waals surface area contributed by atoms with Gasteiger partial charge in [-0.15, -0.1) is 0 Å². The van der Waals surface area contributed by atoms with Crippen molar-refractivity contribution in [1.82, 2.24) is 23.9 Å². The second kappa shape index (κ2) is 5.23. The molecule has 1 fully saturated rings. The molecular weight excluding hydrogens is 292 g/mol. The highest BCUT2D eigenvalue weighted by Gasteiger charge is 2.26. The van der Waals surface area contributed by atoms with E-state index in [0.29, 0.717) is 32.0 Å². The molecule has 2 aromatic rings. The smallest absolute Gasteiger partial charge is 0.254 e. The van der Waals surface area contributed by atoms with E-state index in [2.05, 4.69) is 20.0 Å². The minimum absolute atomic E-state index is 0.148. The van der Waals surface area contributed by atoms with Crippen molar-refractivity contribution in [1.29, 1.82) is 0 Å². The van der Waals surface area contributed by atoms with Gasteiger partial charge in [0.15, 0.2) is 0 Å². The molecule has 0 bridgehead atoms. The highest BCUT2D eigenvalue weighted by atomic mass is 32.2. The monoisotopic (exact) mass is 310 g/mol. The number of fused-ring (bicyclic) bond motifs is 1. The van der Waals surface area contributed by atoms with Crippen LogP contribution < -0.4 is 4.90 Å². The summed E-state index contributed by atoms with van der Waals surface area (Å²) in [7, 11) is -3.11. The van der Waals surface area contributed by atoms with Gasteiger partial charge in [-0.1, -0.05) is 0 Å². The molecule has 0 N–H and O–H groups in total. The van der Waals surface area contributed by atoms with Crippen molar-refractivity contribution in [2.24, 2.45) is 0 Å². The maximum atomic E-state index is 11.9. The van der Waals surface area contributed by atoms with E-state index in [0.717, 1.165) is 11.5 Å². The van der Waals surface area contributed by atoms with E-state index in [1.165, 1.54) is 6.33 Å². The van der Waals surface area contributed by atoms with Crippen LogP contribution in [-0.2, 0) is 10.0 Å². The average Bonchev–Trinajstić information content (AvgIpc) is 2.94. The second-order valence-electron chi connectivity index (χ2n) is 5.01. The van der Waals surface area contributed by atoms with Crippen LogP contribution in [-0.4, -0.2) is 64.2 Å². The fraction of sp³-hybridized carbons (Fsp3) is 0.583. The van der Waals surface area contributed by atoms with Gasteiger partial charge in [0.1, 0.15) is 12.1 Å². The molecule has 0 spiro atoms. The summed E-state index contributed by atoms with van der Waals surface area (Å²) in [5.74, 6) is 1.62. The minimum Gasteiger partial charge on any atom is -0.354 e. The van der Waals surface area contributed by atoms with E-state index in [1.807, 2.05) is 13.0 Å². The van der Waals surface area contributed by atoms with Crippen LogP contribution in [0.3, 0.4) is 0 Å². The maximum absolute atomic E-state index is 11.9. The van der Waals surface area contributed by atoms with E-state index in [9.17, 15) is 8.42 Å². The Balaban J connectivity index is 1.85. The number of nitrogens with zero attached hydrogens (tertiary/aromatic N) is 6. The highest BCUT2D eigenvalue weighted by molar-refractivity contribution is 7.89. The molecule has 21 heavy (non-hydrogen) atoms. The number of hydrogen-bond acceptors (Lipinski definition) is 6. The number of aromatic nitrogens is 4. The highest BCUT2D eigenvalue weighted by Crippen LogP contribution is 2.18. The molecule has 0 aliphatic carbocycles. The molecule has 0 saturated carbocycles. The van der Waals surface area contributed by atoms with E-state index in [-0.39, 0.29) is 5.75 Å². The standard InChI is InChI=1S/C12H18N6O2S/c1-3-21(19,20)17-6-4-16(5-7-17)11-8-10(2)15-12-13-9-14-18(11)12/h8-9H,3-7H2,1-2H3. The molecule has 0 aromatic carbocycles. The van der Waals surface area contributed by atoms with Crippen LogP contribution in [0, 0.1) is 6.92 Å². The van der Waals surface area contributed by atoms with Crippen molar-refractivity contribution in [3.63, 3.8) is 0 Å². The molecule has 3 heterocycles. The summed E-state index contributed by atoms with van der Waals surface area (Å²) in [6.45, 7) is 5.85. The minimum atomic E-state index is -3.11. The summed E-state index contributed by atoms with van der Waals surface area (Å²) < 4.78 is 27.0. The van der Waals surface area contributed by atoms with E-state index >= 15 is 0 Å². The van der Waals surface area contributed by atoms with E-state index in [1.54, 1.807) is 15.7 Å². The molecule has 114 valence electrons. The Labute approximate surface area is 123 Å². The van der Waals surface area contributed by atoms with Crippen molar-refractivity contribution in [2.45, 2.75) is 13.8 Å². The normalized spacial score (nSPS) is 17.5. The Kier molecular flexibility index (Phi) is 3.54. The Morgan fingerprint density at radius 2 is 1.95 bits per heavy atom. The number of aryl methyl sites for hydroxylation is 1. The molecule has 8 nitrogen and oxygen atoms in total. The van der Waals surface area contributed by atoms with Crippen molar-refractivity contribution in [3.05, 3.63) is 18.1 Å². The van der Waals surface area contributed by atoms with Crippen molar-refractivity contribution >= 4 is 21.6 Å². The summed E-state index contributed by atoms with van der Waals surface area (Å²) in [5.41, 5.74) is 0.870. The summed E-state index contributed by atoms with van der Waals surface area (Å²) in [6, 6.07) is 1.95. The van der Waals surface area contributed by atoms with Gasteiger partial charge in [-0.05, 0) is 13.8 Å². The lowest BCUT2D eigenvalue weighted by atomic mass is 10.3. The summed E-state index contributed by atoms with van der Waals surface area (Å²) in [5, 5.41) is 4.19. The van der Waals surface area contributed by atoms with Crippen LogP contribution in [0.1, 0.15) is 12.6 Å². The first kappa shape index (κ1) is 14.2. The number of anilines is 1. The lowest BCUT2D eigenvalue weighted by Crippen LogP contribution is -2.49. The lowest BCUT2D eigenvalue weighted by Gasteiger charge is -2.35. The lowest BCUT2D eigenvalue weighted by molar-refractivity contribution is 0.383. The van der Waals surface area contributed by atoms with Gasteiger partial charge in [0.2, 0.25) is 10.0 Å². The molecule has 1 aliphatic rings. The summed E-state index contributed by atoms with van der Waals surface area (Å²) in [4.78, 5) is 10.5. The molecule has 2 aromatic heterocycles. The number of sulfonamides is 1. The first-order valence-corrected chi connectivity index (χ1v) is 8.52. The molecule has 3 rings (SSSR count). The zero-order valence-electron chi connectivity index (χ0n) is 12.1. The van der Waals surface area contributed by atoms with Crippen LogP contribution in [0.2, 0.25) is 0 Å². The van der Waals surface area contributed by atoms with E-state index < -0.39 is 10.0 Å². The molecule has 1 aliphatic heterocycles. The third kappa shape index (κ3) is 2.58. The Morgan fingerprint density at radius 3 is 2.62 bits per heavy atom. The maximum Gasteiger partial charge on any atom is 0.254 e. The third-order valence-corrected chi connectivity index (χ3v) is 5.56. The van der Waals surface area contributed by atoms with Crippen molar-refractivity contribution < 1.29 is 8.42 Å². The molecule has 0 atom stereocenters. The summed E-state index contributed by atoms with van der Waals surface area (Å²) in [6.07, 6.45) is 1.48. The van der Waals surface area contributed by atoms with Gasteiger partial charge in [-0.3, -0.25) is 0 Å². The number of piperazine rings is 1. The Hall–Kier alpha value is -1.74. The Morgan fingerprint density at radius 1 is 1.24 bits per heavy atom. The van der Waals surface area contributed by atoms with Crippen molar-refractivity contribution in [3.8, 4) is 0 Å². The van der Waals surface area contributed by atoms with Gasteiger partial charge in [0, 0.05) is 37.9 Å². The fourth-order valence-corrected chi connectivity index (χ4v) is 3.60. The zero-order valence-corrected chi connectivity index (χ0v) is 12.9. The van der Waals surface area contributed by atoms with E-state index in [4.69, 9.17) is 0 Å². The SMILES string of the molecule is CCS(=O)(=O)N1CCN(c2cc(C)nc3ncnn23)CC1. The first-order valence-electron chi connectivity index (χ1n) is 6.91. The number of hydrogen-bond donors (Lipinski definition) is 0. The van der Waals surface area contributed by atoms with Crippen LogP contribution in [0.4, 0.5) is 5.82 Å². The topological polar surface area (TPSA) is 83.7 Å². The molecular formula is C12H18N6O2S. The van der Waals surface area contributed by atoms with Crippen LogP contribution in [0.15, 0.2) is 12.4 Å². The molecule has 0 unspecified atom stereocenters. The van der Waals surface area contributed by atoms with Crippen LogP contribution in [0.5, 0.6) is 0 Å². The number of rotatable bonds is 3. The average molecular weight is 310 g/mol. The zero-order chi connectivity index (χ0) is 15.0. The quantitative estimate of drug-likeness (QED) is 0.787. The largest absolute Gasteiger partial charge is 0.354 e. The van der Waals surface area contributed by atoms with Gasteiger partial charge in [0.25, 0.3) is 5.78 Å². The summed E-state index contributed by atoms with van der Waals surface area (Å²) >= 11 is 0. The van der Waals surface area contributed by atoms with Gasteiger partial charge in [0.05, 0.1) is 5.75 Å². The van der Waals surface area contributed by atoms with Crippen LogP contribution >= 0.6 is 0 Å². The van der Waals surface area contributed by atoms with Gasteiger partial charge in [-0.25, -0.2) is 13.4 Å². The Bertz CT molecular complexity index is 748. The predicted molar refractivity (Wildman–Crippen MR) is 78.8 cm³/mol. The van der Waals surface area contributed by atoms with Crippen LogP contribution in [0.25, 0.3) is 5.78 Å².